The van der Waals surface area contributed by atoms with E-state index in [0.717, 1.165) is 26.5 Å². The van der Waals surface area contributed by atoms with Crippen LogP contribution in [0, 0.1) is 0 Å². The number of benzene rings is 4. The molecule has 6 heteroatoms. The van der Waals surface area contributed by atoms with Gasteiger partial charge < -0.3 is 14.3 Å². The molecule has 0 saturated carbocycles. The lowest BCUT2D eigenvalue weighted by Gasteiger charge is -2.16. The van der Waals surface area contributed by atoms with Crippen molar-refractivity contribution in [3.63, 3.8) is 0 Å². The molecule has 0 aliphatic carbocycles. The van der Waals surface area contributed by atoms with Crippen molar-refractivity contribution in [3.05, 3.63) is 112 Å². The van der Waals surface area contributed by atoms with Crippen molar-refractivity contribution < 1.29 is 19.1 Å². The van der Waals surface area contributed by atoms with Gasteiger partial charge in [-0.25, -0.2) is 4.79 Å². The van der Waals surface area contributed by atoms with Crippen LogP contribution in [0.1, 0.15) is 23.6 Å². The zero-order valence-electron chi connectivity index (χ0n) is 19.0. The van der Waals surface area contributed by atoms with Gasteiger partial charge in [0.15, 0.2) is 11.5 Å². The van der Waals surface area contributed by atoms with Gasteiger partial charge in [-0.3, -0.25) is 0 Å². The van der Waals surface area contributed by atoms with Crippen molar-refractivity contribution in [2.24, 2.45) is 5.16 Å². The van der Waals surface area contributed by atoms with Crippen LogP contribution in [0.3, 0.4) is 0 Å². The summed E-state index contributed by atoms with van der Waals surface area (Å²) in [6.45, 7) is 2.77. The average molecular weight is 528 g/mol. The summed E-state index contributed by atoms with van der Waals surface area (Å²) < 4.78 is 12.9. The topological polar surface area (TPSA) is 57.1 Å². The second-order valence-corrected chi connectivity index (χ2v) is 8.79. The van der Waals surface area contributed by atoms with Gasteiger partial charge in [-0.1, -0.05) is 78.0 Å². The minimum atomic E-state index is -0.491. The molecule has 4 aromatic carbocycles. The number of nitrogens with zero attached hydrogens (tertiary/aromatic N) is 1. The lowest BCUT2D eigenvalue weighted by molar-refractivity contribution is -0.136. The van der Waals surface area contributed by atoms with Gasteiger partial charge in [0.25, 0.3) is 0 Å². The molecule has 0 unspecified atom stereocenters. The van der Waals surface area contributed by atoms with Crippen molar-refractivity contribution in [2.75, 3.05) is 6.61 Å². The molecule has 5 nitrogen and oxygen atoms in total. The van der Waals surface area contributed by atoms with Crippen molar-refractivity contribution in [2.45, 2.75) is 13.5 Å². The maximum atomic E-state index is 12.4. The molecule has 0 saturated heterocycles. The SMILES string of the molecule is CCOc1cc(/C=C2\C(=O)ON=C2c2ccccc2)cc(Br)c1OCc1cccc2ccccc12. The third-order valence-electron chi connectivity index (χ3n) is 5.64. The Labute approximate surface area is 211 Å². The fourth-order valence-corrected chi connectivity index (χ4v) is 4.60. The molecular formula is C29H22BrNO4. The minimum absolute atomic E-state index is 0.384. The molecule has 0 radical (unpaired) electrons. The Morgan fingerprint density at radius 1 is 0.943 bits per heavy atom. The van der Waals surface area contributed by atoms with E-state index in [1.54, 1.807) is 6.08 Å². The molecule has 0 N–H and O–H groups in total. The number of carbonyl (C=O) groups is 1. The van der Waals surface area contributed by atoms with Gasteiger partial charge in [0.05, 0.1) is 16.7 Å². The van der Waals surface area contributed by atoms with Crippen LogP contribution in [0.5, 0.6) is 11.5 Å². The zero-order chi connectivity index (χ0) is 24.2. The van der Waals surface area contributed by atoms with E-state index in [1.165, 1.54) is 5.39 Å². The van der Waals surface area contributed by atoms with Crippen LogP contribution < -0.4 is 9.47 Å². The highest BCUT2D eigenvalue weighted by Crippen LogP contribution is 2.39. The summed E-state index contributed by atoms with van der Waals surface area (Å²) in [5, 5.41) is 6.30. The second kappa shape index (κ2) is 10.2. The lowest BCUT2D eigenvalue weighted by Crippen LogP contribution is -2.07. The maximum absolute atomic E-state index is 12.4. The van der Waals surface area contributed by atoms with E-state index in [2.05, 4.69) is 45.4 Å². The Morgan fingerprint density at radius 2 is 1.71 bits per heavy atom. The molecule has 1 aliphatic rings. The van der Waals surface area contributed by atoms with Gasteiger partial charge in [0.1, 0.15) is 12.3 Å². The van der Waals surface area contributed by atoms with E-state index in [9.17, 15) is 4.79 Å². The van der Waals surface area contributed by atoms with Crippen LogP contribution in [0.15, 0.2) is 100 Å². The average Bonchev–Trinajstić information content (AvgIpc) is 3.24. The highest BCUT2D eigenvalue weighted by atomic mass is 79.9. The molecule has 0 amide bonds. The van der Waals surface area contributed by atoms with Gasteiger partial charge >= 0.3 is 5.97 Å². The monoisotopic (exact) mass is 527 g/mol. The molecule has 35 heavy (non-hydrogen) atoms. The zero-order valence-corrected chi connectivity index (χ0v) is 20.6. The van der Waals surface area contributed by atoms with E-state index >= 15 is 0 Å². The van der Waals surface area contributed by atoms with Crippen LogP contribution in [-0.2, 0) is 16.2 Å². The van der Waals surface area contributed by atoms with Gasteiger partial charge in [-0.15, -0.1) is 0 Å². The predicted molar refractivity (Wildman–Crippen MR) is 141 cm³/mol. The number of fused-ring (bicyclic) bond motifs is 1. The molecule has 0 fully saturated rings. The fraction of sp³-hybridized carbons (Fsp3) is 0.103. The summed E-state index contributed by atoms with van der Waals surface area (Å²) in [4.78, 5) is 17.4. The van der Waals surface area contributed by atoms with E-state index in [4.69, 9.17) is 14.3 Å². The third-order valence-corrected chi connectivity index (χ3v) is 6.23. The second-order valence-electron chi connectivity index (χ2n) is 7.93. The van der Waals surface area contributed by atoms with Crippen LogP contribution >= 0.6 is 15.9 Å². The Bertz CT molecular complexity index is 1460. The van der Waals surface area contributed by atoms with Crippen LogP contribution in [0.25, 0.3) is 16.8 Å². The van der Waals surface area contributed by atoms with Gasteiger partial charge in [-0.2, -0.15) is 0 Å². The highest BCUT2D eigenvalue weighted by molar-refractivity contribution is 9.10. The Kier molecular flexibility index (Phi) is 6.64. The summed E-state index contributed by atoms with van der Waals surface area (Å²) in [5.74, 6) is 0.695. The molecule has 0 aromatic heterocycles. The number of ether oxygens (including phenoxy) is 2. The summed E-state index contributed by atoms with van der Waals surface area (Å²) in [7, 11) is 0. The number of halogens is 1. The van der Waals surface area contributed by atoms with Gasteiger partial charge in [0.2, 0.25) is 0 Å². The first-order chi connectivity index (χ1) is 17.1. The Morgan fingerprint density at radius 3 is 2.54 bits per heavy atom. The molecule has 1 aliphatic heterocycles. The van der Waals surface area contributed by atoms with Gasteiger partial charge in [0, 0.05) is 5.56 Å². The minimum Gasteiger partial charge on any atom is -0.490 e. The summed E-state index contributed by atoms with van der Waals surface area (Å²) in [6.07, 6.45) is 1.75. The smallest absolute Gasteiger partial charge is 0.368 e. The molecule has 4 aromatic rings. The first-order valence-corrected chi connectivity index (χ1v) is 12.1. The Balaban J connectivity index is 1.46. The van der Waals surface area contributed by atoms with Crippen LogP contribution in [0.2, 0.25) is 0 Å². The van der Waals surface area contributed by atoms with Crippen LogP contribution in [-0.4, -0.2) is 18.3 Å². The van der Waals surface area contributed by atoms with Crippen molar-refractivity contribution in [3.8, 4) is 11.5 Å². The van der Waals surface area contributed by atoms with Crippen LogP contribution in [0.4, 0.5) is 0 Å². The summed E-state index contributed by atoms with van der Waals surface area (Å²) in [5.41, 5.74) is 3.54. The molecular weight excluding hydrogens is 506 g/mol. The molecule has 1 heterocycles. The van der Waals surface area contributed by atoms with Gasteiger partial charge in [-0.05, 0) is 63.0 Å². The molecule has 5 rings (SSSR count). The van der Waals surface area contributed by atoms with Crippen molar-refractivity contribution in [1.29, 1.82) is 0 Å². The normalized spacial score (nSPS) is 14.2. The first kappa shape index (κ1) is 22.9. The molecule has 0 bridgehead atoms. The number of hydrogen-bond donors (Lipinski definition) is 0. The van der Waals surface area contributed by atoms with E-state index in [1.807, 2.05) is 67.6 Å². The molecule has 174 valence electrons. The summed E-state index contributed by atoms with van der Waals surface area (Å²) in [6, 6.07) is 27.6. The quantitative estimate of drug-likeness (QED) is 0.193. The molecule has 0 atom stereocenters. The van der Waals surface area contributed by atoms with E-state index in [-0.39, 0.29) is 0 Å². The standard InChI is InChI=1S/C29H22BrNO4/c1-2-33-26-17-19(15-24-27(31-35-29(24)32)21-10-4-3-5-11-21)16-25(30)28(26)34-18-22-13-8-12-20-9-6-7-14-23(20)22/h3-17H,2,18H2,1H3/b24-15-. The number of carbonyl (C=O) groups excluding carboxylic acids is 1. The number of rotatable bonds is 7. The van der Waals surface area contributed by atoms with Crippen molar-refractivity contribution in [1.82, 2.24) is 0 Å². The van der Waals surface area contributed by atoms with Crippen molar-refractivity contribution >= 4 is 44.5 Å². The molecule has 0 spiro atoms. The number of hydrogen-bond acceptors (Lipinski definition) is 5. The van der Waals surface area contributed by atoms with E-state index in [0.29, 0.717) is 36.0 Å². The summed E-state index contributed by atoms with van der Waals surface area (Å²) >= 11 is 3.64. The fourth-order valence-electron chi connectivity index (χ4n) is 4.02. The lowest BCUT2D eigenvalue weighted by atomic mass is 10.0. The first-order valence-electron chi connectivity index (χ1n) is 11.3. The largest absolute Gasteiger partial charge is 0.490 e. The number of oxime groups is 1. The predicted octanol–water partition coefficient (Wildman–Crippen LogP) is 6.92. The van der Waals surface area contributed by atoms with E-state index < -0.39 is 5.97 Å². The third kappa shape index (κ3) is 4.84. The Hall–Kier alpha value is -3.90. The maximum Gasteiger partial charge on any atom is 0.368 e. The highest BCUT2D eigenvalue weighted by Gasteiger charge is 2.27.